The van der Waals surface area contributed by atoms with Crippen LogP contribution >= 0.6 is 0 Å². The highest BCUT2D eigenvalue weighted by atomic mass is 19.1. The van der Waals surface area contributed by atoms with Gasteiger partial charge in [0.1, 0.15) is 0 Å². The summed E-state index contributed by atoms with van der Waals surface area (Å²) >= 11 is 0. The van der Waals surface area contributed by atoms with Crippen molar-refractivity contribution in [3.8, 4) is 0 Å². The smallest absolute Gasteiger partial charge is 0.0919 e. The second-order valence-corrected chi connectivity index (χ2v) is 2.76. The van der Waals surface area contributed by atoms with Crippen molar-refractivity contribution in [3.05, 3.63) is 0 Å². The van der Waals surface area contributed by atoms with Crippen LogP contribution in [0.2, 0.25) is 0 Å². The molecule has 1 atom stereocenters. The minimum atomic E-state index is -0.149. The lowest BCUT2D eigenvalue weighted by Gasteiger charge is -2.03. The van der Waals surface area contributed by atoms with Crippen LogP contribution < -0.4 is 0 Å². The van der Waals surface area contributed by atoms with E-state index in [1.165, 1.54) is 19.3 Å². The van der Waals surface area contributed by atoms with Crippen molar-refractivity contribution in [2.24, 2.45) is 5.92 Å². The first-order valence-corrected chi connectivity index (χ1v) is 3.87. The maximum absolute atomic E-state index is 11.8. The molecule has 0 spiro atoms. The van der Waals surface area contributed by atoms with Gasteiger partial charge in [-0.2, -0.15) is 0 Å². The third-order valence-corrected chi connectivity index (χ3v) is 1.56. The quantitative estimate of drug-likeness (QED) is 0.504. The number of hydrogen-bond donors (Lipinski definition) is 0. The van der Waals surface area contributed by atoms with E-state index in [0.717, 1.165) is 6.42 Å². The molecule has 0 aliphatic heterocycles. The summed E-state index contributed by atoms with van der Waals surface area (Å²) in [5.41, 5.74) is 0. The molecule has 0 aliphatic rings. The first-order chi connectivity index (χ1) is 4.31. The van der Waals surface area contributed by atoms with Gasteiger partial charge in [0.15, 0.2) is 0 Å². The Kier molecular flexibility index (Phi) is 6.01. The highest BCUT2D eigenvalue weighted by Gasteiger charge is 1.98. The zero-order chi connectivity index (χ0) is 7.11. The molecule has 0 aromatic heterocycles. The van der Waals surface area contributed by atoms with Gasteiger partial charge in [0.25, 0.3) is 0 Å². The first-order valence-electron chi connectivity index (χ1n) is 3.87. The highest BCUT2D eigenvalue weighted by Crippen LogP contribution is 2.08. The van der Waals surface area contributed by atoms with Crippen LogP contribution in [0.4, 0.5) is 4.39 Å². The first kappa shape index (κ1) is 8.93. The van der Waals surface area contributed by atoms with Crippen molar-refractivity contribution in [3.63, 3.8) is 0 Å². The van der Waals surface area contributed by atoms with Crippen LogP contribution in [0.5, 0.6) is 0 Å². The van der Waals surface area contributed by atoms with Gasteiger partial charge >= 0.3 is 0 Å². The lowest BCUT2D eigenvalue weighted by Crippen LogP contribution is -1.95. The Morgan fingerprint density at radius 2 is 2.00 bits per heavy atom. The molecule has 0 N–H and O–H groups in total. The molecule has 0 nitrogen and oxygen atoms in total. The molecule has 0 heterocycles. The van der Waals surface area contributed by atoms with E-state index in [-0.39, 0.29) is 12.6 Å². The second kappa shape index (κ2) is 6.06. The van der Waals surface area contributed by atoms with Gasteiger partial charge in [-0.05, 0) is 12.3 Å². The molecule has 0 rings (SSSR count). The number of alkyl halides is 1. The van der Waals surface area contributed by atoms with Crippen molar-refractivity contribution >= 4 is 0 Å². The highest BCUT2D eigenvalue weighted by molar-refractivity contribution is 4.49. The van der Waals surface area contributed by atoms with E-state index in [4.69, 9.17) is 0 Å². The largest absolute Gasteiger partial charge is 0.251 e. The Morgan fingerprint density at radius 1 is 1.33 bits per heavy atom. The molecule has 9 heavy (non-hydrogen) atoms. The van der Waals surface area contributed by atoms with E-state index in [9.17, 15) is 4.39 Å². The van der Waals surface area contributed by atoms with E-state index in [1.54, 1.807) is 0 Å². The molecule has 0 radical (unpaired) electrons. The fourth-order valence-electron chi connectivity index (χ4n) is 0.820. The molecular formula is C8H17F. The topological polar surface area (TPSA) is 0 Å². The Bertz CT molecular complexity index is 52.5. The van der Waals surface area contributed by atoms with Crippen LogP contribution in [0.15, 0.2) is 0 Å². The van der Waals surface area contributed by atoms with Crippen LogP contribution in [0.25, 0.3) is 0 Å². The summed E-state index contributed by atoms with van der Waals surface area (Å²) in [4.78, 5) is 0. The van der Waals surface area contributed by atoms with Gasteiger partial charge in [-0.25, -0.2) is 0 Å². The molecule has 0 unspecified atom stereocenters. The number of rotatable bonds is 5. The Labute approximate surface area is 57.5 Å². The summed E-state index contributed by atoms with van der Waals surface area (Å²) in [5.74, 6) is 0.288. The molecule has 0 aromatic rings. The predicted molar refractivity (Wildman–Crippen MR) is 39.3 cm³/mol. The zero-order valence-electron chi connectivity index (χ0n) is 6.49. The normalized spacial score (nSPS) is 13.7. The number of unbranched alkanes of at least 4 members (excludes halogenated alkanes) is 2. The van der Waals surface area contributed by atoms with Gasteiger partial charge in [0, 0.05) is 0 Å². The third-order valence-electron chi connectivity index (χ3n) is 1.56. The fraction of sp³-hybridized carbons (Fsp3) is 1.00. The monoisotopic (exact) mass is 132 g/mol. The summed E-state index contributed by atoms with van der Waals surface area (Å²) in [6, 6.07) is 0. The molecule has 0 aliphatic carbocycles. The lowest BCUT2D eigenvalue weighted by atomic mass is 10.1. The van der Waals surface area contributed by atoms with Crippen LogP contribution in [-0.2, 0) is 0 Å². The lowest BCUT2D eigenvalue weighted by molar-refractivity contribution is 0.357. The average molecular weight is 132 g/mol. The minimum Gasteiger partial charge on any atom is -0.251 e. The Hall–Kier alpha value is -0.0700. The Balaban J connectivity index is 2.88. The van der Waals surface area contributed by atoms with Crippen molar-refractivity contribution in [2.45, 2.75) is 39.5 Å². The summed E-state index contributed by atoms with van der Waals surface area (Å²) in [6.45, 7) is 3.99. The summed E-state index contributed by atoms with van der Waals surface area (Å²) in [6.07, 6.45) is 4.75. The number of halogens is 1. The zero-order valence-corrected chi connectivity index (χ0v) is 6.49. The van der Waals surface area contributed by atoms with Crippen LogP contribution in [0, 0.1) is 5.92 Å². The van der Waals surface area contributed by atoms with Gasteiger partial charge < -0.3 is 0 Å². The second-order valence-electron chi connectivity index (χ2n) is 2.76. The molecule has 56 valence electrons. The molecule has 0 fully saturated rings. The summed E-state index contributed by atoms with van der Waals surface area (Å²) in [7, 11) is 0. The van der Waals surface area contributed by atoms with Crippen molar-refractivity contribution < 1.29 is 4.39 Å². The molecular weight excluding hydrogens is 115 g/mol. The van der Waals surface area contributed by atoms with Gasteiger partial charge in [-0.3, -0.25) is 4.39 Å². The average Bonchev–Trinajstić information content (AvgIpc) is 1.89. The van der Waals surface area contributed by atoms with Crippen molar-refractivity contribution in [1.82, 2.24) is 0 Å². The van der Waals surface area contributed by atoms with E-state index < -0.39 is 0 Å². The van der Waals surface area contributed by atoms with Crippen LogP contribution in [0.3, 0.4) is 0 Å². The predicted octanol–water partition coefficient (Wildman–Crippen LogP) is 3.17. The molecule has 0 amide bonds. The third kappa shape index (κ3) is 5.81. The van der Waals surface area contributed by atoms with Gasteiger partial charge in [0.05, 0.1) is 6.67 Å². The molecule has 0 saturated heterocycles. The molecule has 0 saturated carbocycles. The molecule has 0 bridgehead atoms. The molecule has 0 aromatic carbocycles. The summed E-state index contributed by atoms with van der Waals surface area (Å²) < 4.78 is 11.8. The minimum absolute atomic E-state index is 0.149. The number of hydrogen-bond acceptors (Lipinski definition) is 0. The standard InChI is InChI=1S/C8H17F/c1-3-4-5-6-8(2)7-9/h8H,3-7H2,1-2H3/t8-/m0/s1. The van der Waals surface area contributed by atoms with E-state index in [2.05, 4.69) is 6.92 Å². The van der Waals surface area contributed by atoms with E-state index >= 15 is 0 Å². The van der Waals surface area contributed by atoms with Gasteiger partial charge in [-0.1, -0.05) is 33.1 Å². The SMILES string of the molecule is CCCCC[C@H](C)CF. The van der Waals surface area contributed by atoms with Crippen LogP contribution in [-0.4, -0.2) is 6.67 Å². The van der Waals surface area contributed by atoms with E-state index in [0.29, 0.717) is 0 Å². The van der Waals surface area contributed by atoms with Crippen molar-refractivity contribution in [2.75, 3.05) is 6.67 Å². The van der Waals surface area contributed by atoms with Crippen molar-refractivity contribution in [1.29, 1.82) is 0 Å². The van der Waals surface area contributed by atoms with E-state index in [1.807, 2.05) is 6.92 Å². The molecule has 1 heteroatoms. The van der Waals surface area contributed by atoms with Crippen LogP contribution in [0.1, 0.15) is 39.5 Å². The van der Waals surface area contributed by atoms with Gasteiger partial charge in [-0.15, -0.1) is 0 Å². The fourth-order valence-corrected chi connectivity index (χ4v) is 0.820. The Morgan fingerprint density at radius 3 is 2.44 bits per heavy atom. The summed E-state index contributed by atoms with van der Waals surface area (Å²) in [5, 5.41) is 0. The van der Waals surface area contributed by atoms with Gasteiger partial charge in [0.2, 0.25) is 0 Å². The maximum atomic E-state index is 11.8. The maximum Gasteiger partial charge on any atom is 0.0919 e.